The molecule has 0 bridgehead atoms. The maximum atomic E-state index is 13.6. The number of methoxy groups -OCH3 is 6. The molecule has 3 atom stereocenters. The summed E-state index contributed by atoms with van der Waals surface area (Å²) < 4.78 is 79.0. The molecule has 0 aliphatic heterocycles. The lowest BCUT2D eigenvalue weighted by atomic mass is 9.80. The summed E-state index contributed by atoms with van der Waals surface area (Å²) in [5.74, 6) is -1.56. The third-order valence-electron chi connectivity index (χ3n) is 6.91. The van der Waals surface area contributed by atoms with Crippen molar-refractivity contribution in [3.05, 3.63) is 70.8 Å². The van der Waals surface area contributed by atoms with Crippen molar-refractivity contribution < 1.29 is 51.1 Å². The minimum atomic E-state index is -5.23. The van der Waals surface area contributed by atoms with Crippen molar-refractivity contribution in [2.24, 2.45) is 0 Å². The van der Waals surface area contributed by atoms with Crippen LogP contribution < -0.4 is 28.4 Å². The molecule has 40 heavy (non-hydrogen) atoms. The van der Waals surface area contributed by atoms with Gasteiger partial charge in [0.15, 0.2) is 0 Å². The van der Waals surface area contributed by atoms with E-state index >= 15 is 0 Å². The molecule has 1 aliphatic rings. The summed E-state index contributed by atoms with van der Waals surface area (Å²) in [6.07, 6.45) is -6.63. The molecule has 0 N–H and O–H groups in total. The molecule has 3 aromatic rings. The van der Waals surface area contributed by atoms with E-state index in [2.05, 4.69) is 0 Å². The van der Waals surface area contributed by atoms with Crippen molar-refractivity contribution in [2.75, 3.05) is 42.7 Å². The lowest BCUT2D eigenvalue weighted by molar-refractivity contribution is -0.206. The Morgan fingerprint density at radius 1 is 0.650 bits per heavy atom. The number of benzene rings is 3. The lowest BCUT2D eigenvalue weighted by Crippen LogP contribution is -2.28. The van der Waals surface area contributed by atoms with Gasteiger partial charge in [0.2, 0.25) is 0 Å². The van der Waals surface area contributed by atoms with Crippen LogP contribution in [-0.2, 0) is 9.53 Å². The number of hydrogen-bond donors (Lipinski definition) is 0. The number of rotatable bonds is 9. The van der Waals surface area contributed by atoms with E-state index in [1.807, 2.05) is 0 Å². The van der Waals surface area contributed by atoms with E-state index in [1.54, 1.807) is 48.5 Å². The van der Waals surface area contributed by atoms with E-state index in [4.69, 9.17) is 33.2 Å². The van der Waals surface area contributed by atoms with Crippen molar-refractivity contribution in [1.82, 2.24) is 0 Å². The Morgan fingerprint density at radius 3 is 1.73 bits per heavy atom. The van der Waals surface area contributed by atoms with Crippen LogP contribution in [0.3, 0.4) is 0 Å². The monoisotopic (exact) mass is 562 g/mol. The van der Waals surface area contributed by atoms with Crippen LogP contribution in [0, 0.1) is 0 Å². The van der Waals surface area contributed by atoms with Crippen LogP contribution in [0.1, 0.15) is 40.2 Å². The Balaban J connectivity index is 2.08. The average molecular weight is 563 g/mol. The van der Waals surface area contributed by atoms with Crippen LogP contribution >= 0.6 is 0 Å². The maximum absolute atomic E-state index is 13.6. The van der Waals surface area contributed by atoms with Crippen LogP contribution in [0.25, 0.3) is 0 Å². The van der Waals surface area contributed by atoms with Crippen LogP contribution in [0.4, 0.5) is 13.2 Å². The van der Waals surface area contributed by atoms with Crippen molar-refractivity contribution >= 4 is 5.97 Å². The lowest BCUT2D eigenvalue weighted by Gasteiger charge is -2.28. The molecule has 0 aromatic heterocycles. The van der Waals surface area contributed by atoms with Gasteiger partial charge in [0, 0.05) is 46.7 Å². The number of ether oxygens (including phenoxy) is 7. The molecule has 0 heterocycles. The van der Waals surface area contributed by atoms with E-state index in [0.29, 0.717) is 56.8 Å². The number of alkyl halides is 3. The topological polar surface area (TPSA) is 81.7 Å². The molecule has 0 radical (unpaired) electrons. The molecule has 4 rings (SSSR count). The third-order valence-corrected chi connectivity index (χ3v) is 6.91. The highest BCUT2D eigenvalue weighted by Crippen LogP contribution is 2.61. The molecule has 0 unspecified atom stereocenters. The van der Waals surface area contributed by atoms with Crippen LogP contribution in [0.5, 0.6) is 34.5 Å². The zero-order valence-corrected chi connectivity index (χ0v) is 22.8. The van der Waals surface area contributed by atoms with Gasteiger partial charge in [-0.1, -0.05) is 6.07 Å². The first kappa shape index (κ1) is 28.7. The molecule has 0 saturated heterocycles. The molecule has 1 aliphatic carbocycles. The van der Waals surface area contributed by atoms with E-state index in [-0.39, 0.29) is 0 Å². The minimum Gasteiger partial charge on any atom is -0.497 e. The van der Waals surface area contributed by atoms with Gasteiger partial charge in [-0.2, -0.15) is 13.2 Å². The second-order valence-electron chi connectivity index (χ2n) is 8.91. The first-order chi connectivity index (χ1) is 19.1. The van der Waals surface area contributed by atoms with Crippen LogP contribution in [0.15, 0.2) is 48.5 Å². The van der Waals surface area contributed by atoms with Gasteiger partial charge in [0.1, 0.15) is 40.6 Å². The number of halogens is 3. The summed E-state index contributed by atoms with van der Waals surface area (Å²) in [5.41, 5.74) is 1.91. The zero-order valence-electron chi connectivity index (χ0n) is 22.8. The van der Waals surface area contributed by atoms with Gasteiger partial charge in [0.05, 0.1) is 42.7 Å². The third kappa shape index (κ3) is 5.28. The number of hydrogen-bond acceptors (Lipinski definition) is 8. The van der Waals surface area contributed by atoms with Crippen LogP contribution in [0.2, 0.25) is 0 Å². The van der Waals surface area contributed by atoms with Gasteiger partial charge < -0.3 is 33.2 Å². The predicted molar refractivity (Wildman–Crippen MR) is 138 cm³/mol. The van der Waals surface area contributed by atoms with Gasteiger partial charge >= 0.3 is 12.1 Å². The highest BCUT2D eigenvalue weighted by Gasteiger charge is 2.51. The Labute approximate surface area is 229 Å². The van der Waals surface area contributed by atoms with Crippen molar-refractivity contribution in [1.29, 1.82) is 0 Å². The maximum Gasteiger partial charge on any atom is 0.490 e. The fraction of sp³-hybridized carbons (Fsp3) is 0.345. The number of carbonyl (C=O) groups excluding carboxylic acids is 1. The normalized spacial score (nSPS) is 18.0. The number of fused-ring (bicyclic) bond motifs is 1. The van der Waals surface area contributed by atoms with Gasteiger partial charge in [0.25, 0.3) is 0 Å². The number of esters is 1. The molecular weight excluding hydrogens is 533 g/mol. The first-order valence-corrected chi connectivity index (χ1v) is 12.1. The fourth-order valence-electron chi connectivity index (χ4n) is 5.16. The molecule has 3 aromatic carbocycles. The molecule has 214 valence electrons. The highest BCUT2D eigenvalue weighted by atomic mass is 19.4. The van der Waals surface area contributed by atoms with Crippen molar-refractivity contribution in [2.45, 2.75) is 24.1 Å². The second-order valence-corrected chi connectivity index (χ2v) is 8.91. The Morgan fingerprint density at radius 2 is 1.20 bits per heavy atom. The summed E-state index contributed by atoms with van der Waals surface area (Å²) in [4.78, 5) is 12.3. The molecule has 0 fully saturated rings. The Kier molecular flexibility index (Phi) is 8.22. The van der Waals surface area contributed by atoms with Gasteiger partial charge in [-0.05, 0) is 29.8 Å². The number of carbonyl (C=O) groups is 1. The first-order valence-electron chi connectivity index (χ1n) is 12.1. The summed E-state index contributed by atoms with van der Waals surface area (Å²) in [6.45, 7) is 0. The highest BCUT2D eigenvalue weighted by molar-refractivity contribution is 5.76. The van der Waals surface area contributed by atoms with E-state index < -0.39 is 30.1 Å². The van der Waals surface area contributed by atoms with Gasteiger partial charge in [-0.15, -0.1) is 0 Å². The molecule has 0 spiro atoms. The molecule has 8 nitrogen and oxygen atoms in total. The molecule has 0 saturated carbocycles. The molecular formula is C29H29F3O8. The van der Waals surface area contributed by atoms with E-state index in [1.165, 1.54) is 42.7 Å². The smallest absolute Gasteiger partial charge is 0.490 e. The summed E-state index contributed by atoms with van der Waals surface area (Å²) in [5, 5.41) is 0. The van der Waals surface area contributed by atoms with Crippen LogP contribution in [-0.4, -0.2) is 54.8 Å². The zero-order chi connectivity index (χ0) is 29.2. The fourth-order valence-corrected chi connectivity index (χ4v) is 5.16. The van der Waals surface area contributed by atoms with Gasteiger partial charge in [-0.3, -0.25) is 0 Å². The largest absolute Gasteiger partial charge is 0.497 e. The predicted octanol–water partition coefficient (Wildman–Crippen LogP) is 5.81. The molecule has 0 amide bonds. The second kappa shape index (κ2) is 11.4. The van der Waals surface area contributed by atoms with Gasteiger partial charge in [-0.25, -0.2) is 4.79 Å². The average Bonchev–Trinajstić information content (AvgIpc) is 3.28. The standard InChI is InChI=1S/C29H29F3O8/c1-34-16-7-8-20(22(13-16)38-5)26-24(15-9-17(35-2)11-18(10-15)36-3)27(40-28(33)29(30,31)32)21-12-19(37-4)14-23(39-6)25(21)26/h7-14,24,26-27H,1-6H3/t24-,26-,27-/m1/s1. The Hall–Kier alpha value is -4.28. The van der Waals surface area contributed by atoms with Crippen molar-refractivity contribution in [3.63, 3.8) is 0 Å². The van der Waals surface area contributed by atoms with E-state index in [0.717, 1.165) is 0 Å². The minimum absolute atomic E-state index is 0.295. The molecule has 11 heteroatoms. The summed E-state index contributed by atoms with van der Waals surface area (Å²) in [7, 11) is 8.76. The quantitative estimate of drug-likeness (QED) is 0.302. The SMILES string of the molecule is COc1cc(OC)cc([C@@H]2[C@@H](c3ccc(OC)cc3OC)c3c(OC)cc(OC)cc3[C@H]2OC(=O)C(F)(F)F)c1. The van der Waals surface area contributed by atoms with Crippen molar-refractivity contribution in [3.8, 4) is 34.5 Å². The summed E-state index contributed by atoms with van der Waals surface area (Å²) in [6, 6.07) is 13.3. The summed E-state index contributed by atoms with van der Waals surface area (Å²) >= 11 is 0. The van der Waals surface area contributed by atoms with E-state index in [9.17, 15) is 18.0 Å². The Bertz CT molecular complexity index is 1370.